The molecule has 1 aliphatic rings. The van der Waals surface area contributed by atoms with Crippen LogP contribution in [-0.4, -0.2) is 29.3 Å². The number of halogens is 1. The molecule has 25 heavy (non-hydrogen) atoms. The molecule has 128 valence electrons. The average molecular weight is 422 g/mol. The Labute approximate surface area is 155 Å². The van der Waals surface area contributed by atoms with Crippen LogP contribution in [0.5, 0.6) is 11.5 Å². The Bertz CT molecular complexity index is 924. The molecule has 1 amide bonds. The Hall–Kier alpha value is -2.39. The number of amides is 1. The maximum atomic E-state index is 12.1. The van der Waals surface area contributed by atoms with E-state index >= 15 is 0 Å². The van der Waals surface area contributed by atoms with Crippen LogP contribution in [0.2, 0.25) is 0 Å². The smallest absolute Gasteiger partial charge is 0.322 e. The van der Waals surface area contributed by atoms with E-state index in [1.54, 1.807) is 12.1 Å². The monoisotopic (exact) mass is 421 g/mol. The lowest BCUT2D eigenvalue weighted by Crippen LogP contribution is -2.15. The highest BCUT2D eigenvalue weighted by Gasteiger charge is 2.15. The minimum Gasteiger partial charge on any atom is -0.486 e. The Morgan fingerprint density at radius 3 is 2.80 bits per heavy atom. The van der Waals surface area contributed by atoms with Gasteiger partial charge in [0.25, 0.3) is 5.91 Å². The first-order valence-corrected chi connectivity index (χ1v) is 9.06. The molecule has 1 aromatic carbocycles. The van der Waals surface area contributed by atoms with Gasteiger partial charge in [0.15, 0.2) is 11.5 Å². The maximum Gasteiger partial charge on any atom is 0.322 e. The number of anilines is 1. The van der Waals surface area contributed by atoms with Crippen molar-refractivity contribution in [1.29, 1.82) is 0 Å². The molecule has 4 rings (SSSR count). The van der Waals surface area contributed by atoms with Crippen molar-refractivity contribution < 1.29 is 18.7 Å². The maximum absolute atomic E-state index is 12.1. The van der Waals surface area contributed by atoms with Crippen molar-refractivity contribution in [2.45, 2.75) is 6.42 Å². The van der Waals surface area contributed by atoms with Gasteiger partial charge in [-0.3, -0.25) is 10.1 Å². The molecule has 0 bridgehead atoms. The van der Waals surface area contributed by atoms with Gasteiger partial charge in [-0.05, 0) is 45.8 Å². The number of benzene rings is 1. The Morgan fingerprint density at radius 1 is 1.16 bits per heavy atom. The SMILES string of the molecule is O=C(Nc1nnc(Cc2ccc3c(c2)OCCO3)o1)c1ccc(Br)s1. The highest BCUT2D eigenvalue weighted by molar-refractivity contribution is 9.11. The minimum atomic E-state index is -0.287. The van der Waals surface area contributed by atoms with Gasteiger partial charge in [0.05, 0.1) is 15.1 Å². The number of rotatable bonds is 4. The fourth-order valence-corrected chi connectivity index (χ4v) is 3.62. The number of aromatic nitrogens is 2. The largest absolute Gasteiger partial charge is 0.486 e. The second-order valence-electron chi connectivity index (χ2n) is 5.21. The molecule has 3 heterocycles. The Morgan fingerprint density at radius 2 is 2.00 bits per heavy atom. The summed E-state index contributed by atoms with van der Waals surface area (Å²) in [6, 6.07) is 9.26. The van der Waals surface area contributed by atoms with Gasteiger partial charge in [-0.2, -0.15) is 0 Å². The number of nitrogens with one attached hydrogen (secondary N) is 1. The number of nitrogens with zero attached hydrogens (tertiary/aromatic N) is 2. The number of carbonyl (C=O) groups excluding carboxylic acids is 1. The second kappa shape index (κ2) is 6.85. The lowest BCUT2D eigenvalue weighted by molar-refractivity contribution is 0.102. The summed E-state index contributed by atoms with van der Waals surface area (Å²) in [5.74, 6) is 1.56. The van der Waals surface area contributed by atoms with Crippen LogP contribution < -0.4 is 14.8 Å². The lowest BCUT2D eigenvalue weighted by Gasteiger charge is -2.18. The first-order chi connectivity index (χ1) is 12.2. The molecule has 0 unspecified atom stereocenters. The summed E-state index contributed by atoms with van der Waals surface area (Å²) < 4.78 is 17.4. The predicted molar refractivity (Wildman–Crippen MR) is 94.5 cm³/mol. The van der Waals surface area contributed by atoms with Crippen molar-refractivity contribution in [2.24, 2.45) is 0 Å². The predicted octanol–water partition coefficient (Wildman–Crippen LogP) is 3.51. The van der Waals surface area contributed by atoms with Crippen molar-refractivity contribution in [2.75, 3.05) is 18.5 Å². The third kappa shape index (κ3) is 3.67. The van der Waals surface area contributed by atoms with Gasteiger partial charge in [0, 0.05) is 0 Å². The minimum absolute atomic E-state index is 0.0714. The molecule has 0 fully saturated rings. The number of carbonyl (C=O) groups is 1. The molecule has 0 radical (unpaired) electrons. The van der Waals surface area contributed by atoms with Gasteiger partial charge in [0.2, 0.25) is 5.89 Å². The molecular formula is C16H12BrN3O4S. The van der Waals surface area contributed by atoms with Crippen LogP contribution >= 0.6 is 27.3 Å². The van der Waals surface area contributed by atoms with Crippen LogP contribution in [0.25, 0.3) is 0 Å². The zero-order valence-corrected chi connectivity index (χ0v) is 15.2. The van der Waals surface area contributed by atoms with E-state index in [-0.39, 0.29) is 11.9 Å². The quantitative estimate of drug-likeness (QED) is 0.693. The molecule has 0 aliphatic carbocycles. The first kappa shape index (κ1) is 16.1. The van der Waals surface area contributed by atoms with E-state index in [0.29, 0.717) is 36.2 Å². The molecule has 2 aromatic heterocycles. The molecule has 1 aliphatic heterocycles. The van der Waals surface area contributed by atoms with E-state index in [1.807, 2.05) is 18.2 Å². The van der Waals surface area contributed by atoms with Crippen molar-refractivity contribution in [1.82, 2.24) is 10.2 Å². The van der Waals surface area contributed by atoms with Gasteiger partial charge in [-0.25, -0.2) is 0 Å². The van der Waals surface area contributed by atoms with Crippen LogP contribution in [0.15, 0.2) is 38.5 Å². The summed E-state index contributed by atoms with van der Waals surface area (Å²) in [6.45, 7) is 1.09. The van der Waals surface area contributed by atoms with Crippen LogP contribution in [-0.2, 0) is 6.42 Å². The van der Waals surface area contributed by atoms with E-state index in [1.165, 1.54) is 11.3 Å². The fourth-order valence-electron chi connectivity index (χ4n) is 2.34. The van der Waals surface area contributed by atoms with Crippen LogP contribution in [0.1, 0.15) is 21.1 Å². The summed E-state index contributed by atoms with van der Waals surface area (Å²) in [5.41, 5.74) is 0.952. The molecule has 0 spiro atoms. The molecule has 3 aromatic rings. The third-order valence-corrected chi connectivity index (χ3v) is 5.07. The van der Waals surface area contributed by atoms with Crippen molar-refractivity contribution in [3.05, 3.63) is 50.4 Å². The normalized spacial score (nSPS) is 12.8. The van der Waals surface area contributed by atoms with Crippen LogP contribution in [0, 0.1) is 0 Å². The molecule has 0 atom stereocenters. The van der Waals surface area contributed by atoms with E-state index in [4.69, 9.17) is 13.9 Å². The molecule has 0 saturated heterocycles. The Kier molecular flexibility index (Phi) is 4.41. The second-order valence-corrected chi connectivity index (χ2v) is 7.68. The molecule has 0 saturated carbocycles. The standard InChI is InChI=1S/C16H12BrN3O4S/c17-13-4-3-12(25-13)15(21)18-16-20-19-14(24-16)8-9-1-2-10-11(7-9)23-6-5-22-10/h1-4,7H,5-6,8H2,(H,18,20,21). The van der Waals surface area contributed by atoms with Crippen molar-refractivity contribution >= 4 is 39.2 Å². The summed E-state index contributed by atoms with van der Waals surface area (Å²) >= 11 is 4.65. The number of fused-ring (bicyclic) bond motifs is 1. The summed E-state index contributed by atoms with van der Waals surface area (Å²) in [6.07, 6.45) is 0.435. The average Bonchev–Trinajstić information content (AvgIpc) is 3.24. The van der Waals surface area contributed by atoms with Gasteiger partial charge in [-0.1, -0.05) is 11.2 Å². The highest BCUT2D eigenvalue weighted by atomic mass is 79.9. The van der Waals surface area contributed by atoms with Gasteiger partial charge in [0.1, 0.15) is 13.2 Å². The molecule has 7 nitrogen and oxygen atoms in total. The zero-order valence-electron chi connectivity index (χ0n) is 12.8. The Balaban J connectivity index is 1.43. The van der Waals surface area contributed by atoms with Crippen molar-refractivity contribution in [3.63, 3.8) is 0 Å². The molecular weight excluding hydrogens is 410 g/mol. The van der Waals surface area contributed by atoms with Gasteiger partial charge >= 0.3 is 6.01 Å². The third-order valence-electron chi connectivity index (χ3n) is 3.45. The zero-order chi connectivity index (χ0) is 17.2. The number of hydrogen-bond acceptors (Lipinski definition) is 7. The lowest BCUT2D eigenvalue weighted by atomic mass is 10.1. The summed E-state index contributed by atoms with van der Waals surface area (Å²) in [5, 5.41) is 10.4. The van der Waals surface area contributed by atoms with E-state index in [9.17, 15) is 4.79 Å². The molecule has 9 heteroatoms. The van der Waals surface area contributed by atoms with Gasteiger partial charge < -0.3 is 13.9 Å². The van der Waals surface area contributed by atoms with E-state index < -0.39 is 0 Å². The number of hydrogen-bond donors (Lipinski definition) is 1. The summed E-state index contributed by atoms with van der Waals surface area (Å²) in [7, 11) is 0. The van der Waals surface area contributed by atoms with E-state index in [0.717, 1.165) is 15.1 Å². The molecule has 1 N–H and O–H groups in total. The number of ether oxygens (including phenoxy) is 2. The van der Waals surface area contributed by atoms with Crippen LogP contribution in [0.4, 0.5) is 6.01 Å². The van der Waals surface area contributed by atoms with Crippen molar-refractivity contribution in [3.8, 4) is 11.5 Å². The topological polar surface area (TPSA) is 86.5 Å². The fraction of sp³-hybridized carbons (Fsp3) is 0.188. The van der Waals surface area contributed by atoms with E-state index in [2.05, 4.69) is 31.4 Å². The summed E-state index contributed by atoms with van der Waals surface area (Å²) in [4.78, 5) is 12.6. The van der Waals surface area contributed by atoms with Gasteiger partial charge in [-0.15, -0.1) is 16.4 Å². The first-order valence-electron chi connectivity index (χ1n) is 7.45. The number of thiophene rings is 1. The highest BCUT2D eigenvalue weighted by Crippen LogP contribution is 2.31. The van der Waals surface area contributed by atoms with Crippen LogP contribution in [0.3, 0.4) is 0 Å².